The molecule has 0 aliphatic carbocycles. The number of hydrogen-bond acceptors (Lipinski definition) is 3. The number of aliphatic hydroxyl groups is 1. The second-order valence-electron chi connectivity index (χ2n) is 6.11. The van der Waals surface area contributed by atoms with E-state index >= 15 is 0 Å². The van der Waals surface area contributed by atoms with Gasteiger partial charge < -0.3 is 10.8 Å². The molecule has 0 amide bonds. The van der Waals surface area contributed by atoms with Crippen LogP contribution in [0, 0.1) is 11.8 Å². The lowest BCUT2D eigenvalue weighted by atomic mass is 9.92. The lowest BCUT2D eigenvalue weighted by molar-refractivity contribution is 0.183. The van der Waals surface area contributed by atoms with Crippen LogP contribution in [0.4, 0.5) is 0 Å². The van der Waals surface area contributed by atoms with E-state index in [0.29, 0.717) is 0 Å². The van der Waals surface area contributed by atoms with Gasteiger partial charge in [-0.2, -0.15) is 0 Å². The molecular formula is C19H31NOS. The Morgan fingerprint density at radius 3 is 2.64 bits per heavy atom. The second kappa shape index (κ2) is 10.8. The number of aryl methyl sites for hydroxylation is 1. The Hall–Kier alpha value is -0.820. The minimum atomic E-state index is -0.436. The summed E-state index contributed by atoms with van der Waals surface area (Å²) in [5.74, 6) is 6.55. The first-order valence-corrected chi connectivity index (χ1v) is 9.42. The number of nitrogens with two attached hydrogens (primary N) is 1. The van der Waals surface area contributed by atoms with Crippen LogP contribution >= 0.6 is 11.3 Å². The molecule has 22 heavy (non-hydrogen) atoms. The Morgan fingerprint density at radius 1 is 1.18 bits per heavy atom. The minimum absolute atomic E-state index is 0.0551. The van der Waals surface area contributed by atoms with Gasteiger partial charge in [0.2, 0.25) is 0 Å². The molecule has 1 rings (SSSR count). The number of aliphatic hydroxyl groups excluding tert-OH is 1. The molecule has 1 unspecified atom stereocenters. The summed E-state index contributed by atoms with van der Waals surface area (Å²) in [6.07, 6.45) is 10.0. The maximum atomic E-state index is 9.35. The van der Waals surface area contributed by atoms with Crippen LogP contribution in [-0.4, -0.2) is 17.3 Å². The van der Waals surface area contributed by atoms with Crippen molar-refractivity contribution in [2.45, 2.75) is 77.2 Å². The third kappa shape index (κ3) is 7.45. The molecule has 2 nitrogen and oxygen atoms in total. The van der Waals surface area contributed by atoms with Gasteiger partial charge in [-0.25, -0.2) is 0 Å². The predicted octanol–water partition coefficient (Wildman–Crippen LogP) is 4.49. The summed E-state index contributed by atoms with van der Waals surface area (Å²) < 4.78 is 0. The molecule has 124 valence electrons. The van der Waals surface area contributed by atoms with E-state index in [1.165, 1.54) is 37.0 Å². The van der Waals surface area contributed by atoms with Crippen molar-refractivity contribution in [1.29, 1.82) is 0 Å². The van der Waals surface area contributed by atoms with E-state index in [2.05, 4.69) is 30.9 Å². The highest BCUT2D eigenvalue weighted by molar-refractivity contribution is 7.12. The van der Waals surface area contributed by atoms with Gasteiger partial charge in [-0.3, -0.25) is 0 Å². The normalized spacial score (nSPS) is 13.5. The maximum Gasteiger partial charge on any atom is 0.0771 e. The summed E-state index contributed by atoms with van der Waals surface area (Å²) in [4.78, 5) is 2.45. The first-order valence-electron chi connectivity index (χ1n) is 8.61. The Kier molecular flexibility index (Phi) is 9.47. The van der Waals surface area contributed by atoms with Crippen molar-refractivity contribution >= 4 is 11.3 Å². The summed E-state index contributed by atoms with van der Waals surface area (Å²) in [6.45, 7) is 4.32. The average molecular weight is 322 g/mol. The molecule has 0 fully saturated rings. The molecular weight excluding hydrogens is 290 g/mol. The van der Waals surface area contributed by atoms with Gasteiger partial charge in [-0.15, -0.1) is 11.3 Å². The summed E-state index contributed by atoms with van der Waals surface area (Å²) in [5.41, 5.74) is 5.69. The van der Waals surface area contributed by atoms with E-state index < -0.39 is 5.54 Å². The standard InChI is InChI=1S/C19H31NOS/c1-3-5-6-7-8-9-10-11-17-12-13-18(22-17)14-15-19(20,4-2)16-21/h12-13,21H,3-9,14-16,20H2,1-2H3. The van der Waals surface area contributed by atoms with Crippen LogP contribution in [0.5, 0.6) is 0 Å². The molecule has 0 radical (unpaired) electrons. The molecule has 0 saturated heterocycles. The van der Waals surface area contributed by atoms with Crippen molar-refractivity contribution in [2.24, 2.45) is 5.73 Å². The highest BCUT2D eigenvalue weighted by Gasteiger charge is 2.21. The van der Waals surface area contributed by atoms with Gasteiger partial charge in [0.05, 0.1) is 11.5 Å². The van der Waals surface area contributed by atoms with E-state index in [4.69, 9.17) is 5.73 Å². The maximum absolute atomic E-state index is 9.35. The van der Waals surface area contributed by atoms with Crippen LogP contribution in [0.3, 0.4) is 0 Å². The Morgan fingerprint density at radius 2 is 1.95 bits per heavy atom. The minimum Gasteiger partial charge on any atom is -0.394 e. The van der Waals surface area contributed by atoms with Gasteiger partial charge in [-0.1, -0.05) is 51.4 Å². The molecule has 3 N–H and O–H groups in total. The van der Waals surface area contributed by atoms with Crippen LogP contribution in [0.1, 0.15) is 75.0 Å². The van der Waals surface area contributed by atoms with Crippen LogP contribution in [0.15, 0.2) is 12.1 Å². The zero-order valence-corrected chi connectivity index (χ0v) is 15.0. The van der Waals surface area contributed by atoms with Gasteiger partial charge in [0, 0.05) is 16.8 Å². The lowest BCUT2D eigenvalue weighted by Gasteiger charge is -2.25. The number of hydrogen-bond donors (Lipinski definition) is 2. The monoisotopic (exact) mass is 321 g/mol. The van der Waals surface area contributed by atoms with Gasteiger partial charge in [0.25, 0.3) is 0 Å². The Bertz CT molecular complexity index is 465. The Balaban J connectivity index is 2.32. The van der Waals surface area contributed by atoms with Crippen LogP contribution < -0.4 is 5.73 Å². The third-order valence-electron chi connectivity index (χ3n) is 4.17. The van der Waals surface area contributed by atoms with Crippen LogP contribution in [-0.2, 0) is 6.42 Å². The van der Waals surface area contributed by atoms with Gasteiger partial charge >= 0.3 is 0 Å². The van der Waals surface area contributed by atoms with Crippen LogP contribution in [0.25, 0.3) is 0 Å². The van der Waals surface area contributed by atoms with Crippen molar-refractivity contribution in [3.63, 3.8) is 0 Å². The summed E-state index contributed by atoms with van der Waals surface area (Å²) in [5, 5.41) is 9.35. The molecule has 0 saturated carbocycles. The molecule has 1 aromatic heterocycles. The SMILES string of the molecule is CCCCCCCC#Cc1ccc(CCC(N)(CC)CO)s1. The Labute approximate surface area is 140 Å². The quantitative estimate of drug-likeness (QED) is 0.492. The van der Waals surface area contributed by atoms with Crippen molar-refractivity contribution in [1.82, 2.24) is 0 Å². The fourth-order valence-electron chi connectivity index (χ4n) is 2.29. The third-order valence-corrected chi connectivity index (χ3v) is 5.23. The van der Waals surface area contributed by atoms with Crippen molar-refractivity contribution in [3.05, 3.63) is 21.9 Å². The largest absolute Gasteiger partial charge is 0.394 e. The van der Waals surface area contributed by atoms with E-state index in [-0.39, 0.29) is 6.61 Å². The predicted molar refractivity (Wildman–Crippen MR) is 97.2 cm³/mol. The van der Waals surface area contributed by atoms with Crippen molar-refractivity contribution in [3.8, 4) is 11.8 Å². The molecule has 0 aliphatic rings. The molecule has 0 aliphatic heterocycles. The highest BCUT2D eigenvalue weighted by Crippen LogP contribution is 2.21. The van der Waals surface area contributed by atoms with Crippen molar-refractivity contribution in [2.75, 3.05) is 6.61 Å². The lowest BCUT2D eigenvalue weighted by Crippen LogP contribution is -2.43. The van der Waals surface area contributed by atoms with E-state index in [9.17, 15) is 5.11 Å². The zero-order chi connectivity index (χ0) is 16.3. The smallest absolute Gasteiger partial charge is 0.0771 e. The van der Waals surface area contributed by atoms with E-state index in [1.54, 1.807) is 11.3 Å². The number of thiophene rings is 1. The van der Waals surface area contributed by atoms with Gasteiger partial charge in [0.15, 0.2) is 0 Å². The molecule has 0 spiro atoms. The van der Waals surface area contributed by atoms with Crippen LogP contribution in [0.2, 0.25) is 0 Å². The molecule has 1 heterocycles. The molecule has 3 heteroatoms. The second-order valence-corrected chi connectivity index (χ2v) is 7.27. The number of rotatable bonds is 10. The number of unbranched alkanes of at least 4 members (excludes halogenated alkanes) is 5. The van der Waals surface area contributed by atoms with E-state index in [1.807, 2.05) is 6.92 Å². The van der Waals surface area contributed by atoms with Gasteiger partial charge in [0.1, 0.15) is 0 Å². The molecule has 1 atom stereocenters. The molecule has 0 bridgehead atoms. The fraction of sp³-hybridized carbons (Fsp3) is 0.684. The highest BCUT2D eigenvalue weighted by atomic mass is 32.1. The van der Waals surface area contributed by atoms with Gasteiger partial charge in [-0.05, 0) is 37.8 Å². The van der Waals surface area contributed by atoms with E-state index in [0.717, 1.165) is 30.6 Å². The molecule has 1 aromatic rings. The summed E-state index contributed by atoms with van der Waals surface area (Å²) in [7, 11) is 0. The average Bonchev–Trinajstić information content (AvgIpc) is 3.00. The zero-order valence-electron chi connectivity index (χ0n) is 14.2. The first kappa shape index (κ1) is 19.2. The first-order chi connectivity index (χ1) is 10.6. The van der Waals surface area contributed by atoms with Crippen molar-refractivity contribution < 1.29 is 5.11 Å². The fourth-order valence-corrected chi connectivity index (χ4v) is 3.17. The summed E-state index contributed by atoms with van der Waals surface area (Å²) >= 11 is 1.76. The summed E-state index contributed by atoms with van der Waals surface area (Å²) in [6, 6.07) is 4.25. The topological polar surface area (TPSA) is 46.2 Å². The molecule has 0 aromatic carbocycles.